The molecule has 0 amide bonds. The Morgan fingerprint density at radius 3 is 2.12 bits per heavy atom. The standard InChI is InChI=1S/C13H14N2O2/c1-15-9-5-3-7-11(17)13(9)12-8(14)4-2-6-10(12)16/h2-7,15-17H,14H2,1H3. The van der Waals surface area contributed by atoms with Crippen molar-refractivity contribution in [1.29, 1.82) is 0 Å². The zero-order chi connectivity index (χ0) is 12.4. The van der Waals surface area contributed by atoms with E-state index in [1.165, 1.54) is 6.07 Å². The minimum atomic E-state index is 0.0444. The minimum Gasteiger partial charge on any atom is -0.507 e. The van der Waals surface area contributed by atoms with E-state index in [2.05, 4.69) is 5.32 Å². The minimum absolute atomic E-state index is 0.0444. The highest BCUT2D eigenvalue weighted by Gasteiger charge is 2.15. The number of phenolic OH excluding ortho intramolecular Hbond substituents is 2. The third kappa shape index (κ3) is 1.85. The molecular formula is C13H14N2O2. The predicted molar refractivity (Wildman–Crippen MR) is 69.2 cm³/mol. The van der Waals surface area contributed by atoms with Crippen molar-refractivity contribution in [1.82, 2.24) is 0 Å². The third-order valence-electron chi connectivity index (χ3n) is 2.64. The van der Waals surface area contributed by atoms with Crippen LogP contribution in [0.25, 0.3) is 11.1 Å². The lowest BCUT2D eigenvalue weighted by Crippen LogP contribution is -1.96. The summed E-state index contributed by atoms with van der Waals surface area (Å²) in [4.78, 5) is 0. The fraction of sp³-hybridized carbons (Fsp3) is 0.0769. The molecule has 88 valence electrons. The van der Waals surface area contributed by atoms with E-state index in [4.69, 9.17) is 5.73 Å². The summed E-state index contributed by atoms with van der Waals surface area (Å²) in [6, 6.07) is 9.97. The first-order valence-electron chi connectivity index (χ1n) is 5.22. The van der Waals surface area contributed by atoms with Gasteiger partial charge in [0.1, 0.15) is 11.5 Å². The molecule has 2 aromatic carbocycles. The van der Waals surface area contributed by atoms with E-state index in [1.54, 1.807) is 37.4 Å². The third-order valence-corrected chi connectivity index (χ3v) is 2.64. The molecule has 0 aliphatic rings. The van der Waals surface area contributed by atoms with Crippen molar-refractivity contribution >= 4 is 11.4 Å². The van der Waals surface area contributed by atoms with Gasteiger partial charge in [-0.15, -0.1) is 0 Å². The second-order valence-electron chi connectivity index (χ2n) is 3.69. The van der Waals surface area contributed by atoms with Crippen LogP contribution in [-0.4, -0.2) is 17.3 Å². The molecule has 5 N–H and O–H groups in total. The number of nitrogen functional groups attached to an aromatic ring is 1. The molecule has 2 aromatic rings. The molecule has 0 aliphatic heterocycles. The van der Waals surface area contributed by atoms with Crippen LogP contribution in [0.3, 0.4) is 0 Å². The largest absolute Gasteiger partial charge is 0.507 e. The summed E-state index contributed by atoms with van der Waals surface area (Å²) >= 11 is 0. The number of rotatable bonds is 2. The molecule has 4 heteroatoms. The van der Waals surface area contributed by atoms with Crippen molar-refractivity contribution in [3.8, 4) is 22.6 Å². The summed E-state index contributed by atoms with van der Waals surface area (Å²) in [5, 5.41) is 22.8. The molecule has 0 heterocycles. The molecule has 0 spiro atoms. The molecule has 4 nitrogen and oxygen atoms in total. The van der Waals surface area contributed by atoms with Crippen LogP contribution in [0.5, 0.6) is 11.5 Å². The lowest BCUT2D eigenvalue weighted by atomic mass is 9.99. The predicted octanol–water partition coefficient (Wildman–Crippen LogP) is 2.39. The second-order valence-corrected chi connectivity index (χ2v) is 3.69. The molecule has 17 heavy (non-hydrogen) atoms. The van der Waals surface area contributed by atoms with Crippen LogP contribution in [0.1, 0.15) is 0 Å². The van der Waals surface area contributed by atoms with Crippen LogP contribution < -0.4 is 11.1 Å². The summed E-state index contributed by atoms with van der Waals surface area (Å²) in [6.45, 7) is 0. The number of nitrogens with one attached hydrogen (secondary N) is 1. The summed E-state index contributed by atoms with van der Waals surface area (Å²) in [7, 11) is 1.74. The van der Waals surface area contributed by atoms with Crippen LogP contribution in [0, 0.1) is 0 Å². The number of nitrogens with two attached hydrogens (primary N) is 1. The van der Waals surface area contributed by atoms with Gasteiger partial charge < -0.3 is 21.3 Å². The van der Waals surface area contributed by atoms with Crippen molar-refractivity contribution in [2.75, 3.05) is 18.1 Å². The normalized spacial score (nSPS) is 10.2. The Morgan fingerprint density at radius 1 is 0.941 bits per heavy atom. The molecule has 0 unspecified atom stereocenters. The van der Waals surface area contributed by atoms with Gasteiger partial charge in [0.25, 0.3) is 0 Å². The van der Waals surface area contributed by atoms with E-state index in [0.717, 1.165) is 0 Å². The van der Waals surface area contributed by atoms with Gasteiger partial charge in [-0.25, -0.2) is 0 Å². The highest BCUT2D eigenvalue weighted by molar-refractivity contribution is 5.92. The van der Waals surface area contributed by atoms with Crippen LogP contribution >= 0.6 is 0 Å². The average Bonchev–Trinajstić information content (AvgIpc) is 2.30. The lowest BCUT2D eigenvalue weighted by molar-refractivity contribution is 0.469. The van der Waals surface area contributed by atoms with Gasteiger partial charge in [-0.3, -0.25) is 0 Å². The smallest absolute Gasteiger partial charge is 0.125 e. The fourth-order valence-corrected chi connectivity index (χ4v) is 1.84. The molecule has 0 saturated heterocycles. The van der Waals surface area contributed by atoms with Gasteiger partial charge in [0, 0.05) is 18.4 Å². The van der Waals surface area contributed by atoms with Crippen LogP contribution in [0.4, 0.5) is 11.4 Å². The number of benzene rings is 2. The number of anilines is 2. The van der Waals surface area contributed by atoms with E-state index in [9.17, 15) is 10.2 Å². The highest BCUT2D eigenvalue weighted by atomic mass is 16.3. The van der Waals surface area contributed by atoms with Gasteiger partial charge in [-0.05, 0) is 24.3 Å². The second kappa shape index (κ2) is 4.25. The average molecular weight is 230 g/mol. The Kier molecular flexibility index (Phi) is 2.78. The summed E-state index contributed by atoms with van der Waals surface area (Å²) in [5.41, 5.74) is 7.92. The quantitative estimate of drug-likeness (QED) is 0.597. The first-order chi connectivity index (χ1) is 8.15. The molecule has 0 fully saturated rings. The Balaban J connectivity index is 2.76. The maximum atomic E-state index is 9.92. The Bertz CT molecular complexity index is 533. The molecule has 0 bridgehead atoms. The lowest BCUT2D eigenvalue weighted by Gasteiger charge is -2.14. The summed E-state index contributed by atoms with van der Waals surface area (Å²) < 4.78 is 0. The van der Waals surface area contributed by atoms with Gasteiger partial charge in [0.15, 0.2) is 0 Å². The Morgan fingerprint density at radius 2 is 1.53 bits per heavy atom. The highest BCUT2D eigenvalue weighted by Crippen LogP contribution is 2.43. The maximum Gasteiger partial charge on any atom is 0.125 e. The van der Waals surface area contributed by atoms with Crippen molar-refractivity contribution < 1.29 is 10.2 Å². The van der Waals surface area contributed by atoms with E-state index in [1.807, 2.05) is 0 Å². The number of aromatic hydroxyl groups is 2. The molecule has 0 radical (unpaired) electrons. The maximum absolute atomic E-state index is 9.92. The fourth-order valence-electron chi connectivity index (χ4n) is 1.84. The molecule has 0 aliphatic carbocycles. The first kappa shape index (κ1) is 11.1. The number of hydrogen-bond acceptors (Lipinski definition) is 4. The first-order valence-corrected chi connectivity index (χ1v) is 5.22. The van der Waals surface area contributed by atoms with Crippen molar-refractivity contribution in [3.05, 3.63) is 36.4 Å². The van der Waals surface area contributed by atoms with E-state index < -0.39 is 0 Å². The van der Waals surface area contributed by atoms with Crippen LogP contribution in [-0.2, 0) is 0 Å². The van der Waals surface area contributed by atoms with Gasteiger partial charge in [0.2, 0.25) is 0 Å². The van der Waals surface area contributed by atoms with Crippen molar-refractivity contribution in [2.24, 2.45) is 0 Å². The molecule has 2 rings (SSSR count). The number of phenols is 2. The Hall–Kier alpha value is -2.36. The Labute approximate surface area is 99.3 Å². The summed E-state index contributed by atoms with van der Waals surface area (Å²) in [6.07, 6.45) is 0. The molecule has 0 atom stereocenters. The van der Waals surface area contributed by atoms with Gasteiger partial charge in [-0.2, -0.15) is 0 Å². The van der Waals surface area contributed by atoms with E-state index in [0.29, 0.717) is 22.5 Å². The number of hydrogen-bond donors (Lipinski definition) is 4. The molecule has 0 aromatic heterocycles. The molecule has 0 saturated carbocycles. The van der Waals surface area contributed by atoms with Crippen molar-refractivity contribution in [2.45, 2.75) is 0 Å². The monoisotopic (exact) mass is 230 g/mol. The van der Waals surface area contributed by atoms with Gasteiger partial charge >= 0.3 is 0 Å². The van der Waals surface area contributed by atoms with E-state index in [-0.39, 0.29) is 11.5 Å². The van der Waals surface area contributed by atoms with E-state index >= 15 is 0 Å². The SMILES string of the molecule is CNc1cccc(O)c1-c1c(N)cccc1O. The molecular weight excluding hydrogens is 216 g/mol. The van der Waals surface area contributed by atoms with Gasteiger partial charge in [0.05, 0.1) is 11.1 Å². The zero-order valence-electron chi connectivity index (χ0n) is 9.44. The van der Waals surface area contributed by atoms with Crippen LogP contribution in [0.15, 0.2) is 36.4 Å². The van der Waals surface area contributed by atoms with Gasteiger partial charge in [-0.1, -0.05) is 12.1 Å². The zero-order valence-corrected chi connectivity index (χ0v) is 9.44. The summed E-state index contributed by atoms with van der Waals surface area (Å²) in [5.74, 6) is 0.119. The van der Waals surface area contributed by atoms with Crippen molar-refractivity contribution in [3.63, 3.8) is 0 Å². The topological polar surface area (TPSA) is 78.5 Å². The van der Waals surface area contributed by atoms with Crippen LogP contribution in [0.2, 0.25) is 0 Å².